The smallest absolute Gasteiger partial charge is 0.324 e. The van der Waals surface area contributed by atoms with E-state index < -0.39 is 0 Å². The molecule has 1 aliphatic rings. The van der Waals surface area contributed by atoms with Crippen LogP contribution in [0.4, 0.5) is 9.80 Å². The first-order chi connectivity index (χ1) is 10.6. The number of hydrogen-bond donors (Lipinski definition) is 0. The van der Waals surface area contributed by atoms with Gasteiger partial charge in [-0.25, -0.2) is 4.79 Å². The largest absolute Gasteiger partial charge is 0.330 e. The van der Waals surface area contributed by atoms with Gasteiger partial charge in [0.05, 0.1) is 18.0 Å². The minimum atomic E-state index is -0.0134. The normalized spacial score (nSPS) is 14.1. The van der Waals surface area contributed by atoms with Gasteiger partial charge in [-0.1, -0.05) is 6.07 Å². The Labute approximate surface area is 133 Å². The van der Waals surface area contributed by atoms with Crippen LogP contribution in [0.15, 0.2) is 35.5 Å². The molecule has 5 nitrogen and oxygen atoms in total. The number of carbonyl (C=O) groups is 1. The van der Waals surface area contributed by atoms with E-state index in [4.69, 9.17) is 0 Å². The fourth-order valence-electron chi connectivity index (χ4n) is 2.47. The molecular weight excluding hydrogens is 296 g/mol. The highest BCUT2D eigenvalue weighted by molar-refractivity contribution is 7.16. The zero-order chi connectivity index (χ0) is 15.7. The summed E-state index contributed by atoms with van der Waals surface area (Å²) in [5.74, 6) is 0. The van der Waals surface area contributed by atoms with Crippen LogP contribution in [-0.4, -0.2) is 48.8 Å². The second kappa shape index (κ2) is 5.88. The molecule has 0 bridgehead atoms. The average molecular weight is 314 g/mol. The number of carbonyl (C=O) groups excluding carboxylic acids is 1. The van der Waals surface area contributed by atoms with Crippen molar-refractivity contribution >= 4 is 28.1 Å². The maximum atomic E-state index is 12.5. The Hall–Kier alpha value is -2.21. The number of aromatic nitrogens is 1. The lowest BCUT2D eigenvalue weighted by molar-refractivity contribution is 0.224. The van der Waals surface area contributed by atoms with E-state index in [1.807, 2.05) is 30.0 Å². The number of aryl methyl sites for hydroxylation is 1. The SMILES string of the molecule is Cc1cc2c(s1)N(C(=O)N(C)C)CCN=C2c1ccccn1. The van der Waals surface area contributed by atoms with Crippen LogP contribution in [0.1, 0.15) is 16.1 Å². The zero-order valence-electron chi connectivity index (χ0n) is 12.9. The number of hydrogen-bond acceptors (Lipinski definition) is 4. The minimum Gasteiger partial charge on any atom is -0.330 e. The number of rotatable bonds is 1. The van der Waals surface area contributed by atoms with Gasteiger partial charge in [0.2, 0.25) is 0 Å². The van der Waals surface area contributed by atoms with E-state index in [1.165, 1.54) is 0 Å². The Morgan fingerprint density at radius 1 is 1.36 bits per heavy atom. The predicted molar refractivity (Wildman–Crippen MR) is 90.2 cm³/mol. The standard InChI is InChI=1S/C16H18N4OS/c1-11-10-12-14(13-6-4-5-7-17-13)18-8-9-20(15(12)22-11)16(21)19(2)3/h4-7,10H,8-9H2,1-3H3. The lowest BCUT2D eigenvalue weighted by Crippen LogP contribution is -2.40. The van der Waals surface area contributed by atoms with Gasteiger partial charge in [-0.2, -0.15) is 0 Å². The molecule has 6 heteroatoms. The van der Waals surface area contributed by atoms with Crippen LogP contribution in [0.2, 0.25) is 0 Å². The zero-order valence-corrected chi connectivity index (χ0v) is 13.7. The maximum absolute atomic E-state index is 12.5. The van der Waals surface area contributed by atoms with Crippen LogP contribution in [0, 0.1) is 6.92 Å². The average Bonchev–Trinajstić information content (AvgIpc) is 2.80. The first-order valence-electron chi connectivity index (χ1n) is 7.13. The lowest BCUT2D eigenvalue weighted by Gasteiger charge is -2.24. The molecule has 0 saturated heterocycles. The minimum absolute atomic E-state index is 0.0134. The summed E-state index contributed by atoms with van der Waals surface area (Å²) in [6, 6.07) is 7.88. The van der Waals surface area contributed by atoms with Gasteiger partial charge >= 0.3 is 6.03 Å². The lowest BCUT2D eigenvalue weighted by atomic mass is 10.1. The molecule has 0 unspecified atom stereocenters. The van der Waals surface area contributed by atoms with Gasteiger partial charge < -0.3 is 4.90 Å². The van der Waals surface area contributed by atoms with Crippen molar-refractivity contribution in [1.29, 1.82) is 0 Å². The Morgan fingerprint density at radius 3 is 2.86 bits per heavy atom. The number of urea groups is 1. The molecule has 3 rings (SSSR count). The van der Waals surface area contributed by atoms with E-state index in [9.17, 15) is 4.79 Å². The van der Waals surface area contributed by atoms with Gasteiger partial charge in [0.15, 0.2) is 0 Å². The molecule has 2 aromatic heterocycles. The Morgan fingerprint density at radius 2 is 2.18 bits per heavy atom. The monoisotopic (exact) mass is 314 g/mol. The molecular formula is C16H18N4OS. The molecule has 3 heterocycles. The van der Waals surface area contributed by atoms with Crippen LogP contribution >= 0.6 is 11.3 Å². The van der Waals surface area contributed by atoms with E-state index in [0.29, 0.717) is 13.1 Å². The van der Waals surface area contributed by atoms with Crippen molar-refractivity contribution in [2.75, 3.05) is 32.1 Å². The highest BCUT2D eigenvalue weighted by Crippen LogP contribution is 2.34. The summed E-state index contributed by atoms with van der Waals surface area (Å²) in [6.07, 6.45) is 1.77. The first-order valence-corrected chi connectivity index (χ1v) is 7.95. The summed E-state index contributed by atoms with van der Waals surface area (Å²) in [4.78, 5) is 26.1. The van der Waals surface area contributed by atoms with E-state index in [1.54, 1.807) is 36.5 Å². The summed E-state index contributed by atoms with van der Waals surface area (Å²) >= 11 is 1.63. The highest BCUT2D eigenvalue weighted by Gasteiger charge is 2.27. The van der Waals surface area contributed by atoms with E-state index in [-0.39, 0.29) is 6.03 Å². The fourth-order valence-corrected chi connectivity index (χ4v) is 3.49. The van der Waals surface area contributed by atoms with Gasteiger partial charge in [0.25, 0.3) is 0 Å². The summed E-state index contributed by atoms with van der Waals surface area (Å²) in [7, 11) is 3.54. The van der Waals surface area contributed by atoms with Crippen LogP contribution in [0.5, 0.6) is 0 Å². The predicted octanol–water partition coefficient (Wildman–Crippen LogP) is 2.79. The first kappa shape index (κ1) is 14.7. The number of thiophene rings is 1. The molecule has 0 fully saturated rings. The van der Waals surface area contributed by atoms with Gasteiger partial charge in [-0.05, 0) is 25.1 Å². The van der Waals surface area contributed by atoms with Gasteiger partial charge in [0.1, 0.15) is 5.00 Å². The van der Waals surface area contributed by atoms with Crippen molar-refractivity contribution in [3.05, 3.63) is 46.6 Å². The molecule has 1 aliphatic heterocycles. The molecule has 114 valence electrons. The number of anilines is 1. The molecule has 0 aromatic carbocycles. The molecule has 0 spiro atoms. The summed E-state index contributed by atoms with van der Waals surface area (Å²) < 4.78 is 0. The van der Waals surface area contributed by atoms with Gasteiger partial charge in [-0.3, -0.25) is 14.9 Å². The number of aliphatic imine (C=N–C) groups is 1. The summed E-state index contributed by atoms with van der Waals surface area (Å²) in [5, 5.41) is 0.957. The number of nitrogens with zero attached hydrogens (tertiary/aromatic N) is 4. The van der Waals surface area contributed by atoms with E-state index >= 15 is 0 Å². The maximum Gasteiger partial charge on any atom is 0.324 e. The third-order valence-corrected chi connectivity index (χ3v) is 4.52. The number of pyridine rings is 1. The van der Waals surface area contributed by atoms with Crippen molar-refractivity contribution in [2.45, 2.75) is 6.92 Å². The Bertz CT molecular complexity index is 721. The molecule has 0 N–H and O–H groups in total. The number of fused-ring (bicyclic) bond motifs is 1. The van der Waals surface area contributed by atoms with Gasteiger partial charge in [-0.15, -0.1) is 11.3 Å². The van der Waals surface area contributed by atoms with Crippen molar-refractivity contribution in [3.63, 3.8) is 0 Å². The van der Waals surface area contributed by atoms with Gasteiger partial charge in [0, 0.05) is 37.3 Å². The molecule has 0 atom stereocenters. The molecule has 0 aliphatic carbocycles. The van der Waals surface area contributed by atoms with Crippen molar-refractivity contribution in [1.82, 2.24) is 9.88 Å². The topological polar surface area (TPSA) is 48.8 Å². The van der Waals surface area contributed by atoms with Crippen LogP contribution in [-0.2, 0) is 0 Å². The fraction of sp³-hybridized carbons (Fsp3) is 0.312. The third kappa shape index (κ3) is 2.62. The second-order valence-corrected chi connectivity index (χ2v) is 6.58. The molecule has 0 radical (unpaired) electrons. The Kier molecular flexibility index (Phi) is 3.94. The third-order valence-electron chi connectivity index (χ3n) is 3.45. The number of amides is 2. The van der Waals surface area contributed by atoms with E-state index in [2.05, 4.69) is 16.0 Å². The molecule has 22 heavy (non-hydrogen) atoms. The van der Waals surface area contributed by atoms with E-state index in [0.717, 1.165) is 26.8 Å². The van der Waals surface area contributed by atoms with Crippen LogP contribution in [0.25, 0.3) is 0 Å². The quantitative estimate of drug-likeness (QED) is 0.812. The van der Waals surface area contributed by atoms with Crippen molar-refractivity contribution in [3.8, 4) is 0 Å². The van der Waals surface area contributed by atoms with Crippen LogP contribution in [0.3, 0.4) is 0 Å². The Balaban J connectivity index is 2.10. The van der Waals surface area contributed by atoms with Crippen molar-refractivity contribution < 1.29 is 4.79 Å². The summed E-state index contributed by atoms with van der Waals surface area (Å²) in [6.45, 7) is 3.21. The second-order valence-electron chi connectivity index (χ2n) is 5.35. The highest BCUT2D eigenvalue weighted by atomic mass is 32.1. The summed E-state index contributed by atoms with van der Waals surface area (Å²) in [5.41, 5.74) is 2.71. The molecule has 2 aromatic rings. The molecule has 2 amide bonds. The van der Waals surface area contributed by atoms with Crippen LogP contribution < -0.4 is 4.90 Å². The molecule has 0 saturated carbocycles. The van der Waals surface area contributed by atoms with Crippen molar-refractivity contribution in [2.24, 2.45) is 4.99 Å².